The van der Waals surface area contributed by atoms with Gasteiger partial charge in [-0.2, -0.15) is 0 Å². The summed E-state index contributed by atoms with van der Waals surface area (Å²) >= 11 is 0. The van der Waals surface area contributed by atoms with Gasteiger partial charge < -0.3 is 23.5 Å². The van der Waals surface area contributed by atoms with Crippen molar-refractivity contribution in [1.29, 1.82) is 0 Å². The van der Waals surface area contributed by atoms with Crippen molar-refractivity contribution in [2.24, 2.45) is 5.92 Å². The van der Waals surface area contributed by atoms with Crippen molar-refractivity contribution in [3.63, 3.8) is 0 Å². The van der Waals surface area contributed by atoms with Crippen LogP contribution in [-0.2, 0) is 13.6 Å². The fourth-order valence-corrected chi connectivity index (χ4v) is 3.23. The number of nitrogens with zero attached hydrogens (tertiary/aromatic N) is 1. The van der Waals surface area contributed by atoms with Gasteiger partial charge in [0.2, 0.25) is 0 Å². The molecule has 0 aliphatic carbocycles. The topological polar surface area (TPSA) is 78.8 Å². The largest absolute Gasteiger partial charge is 0.756 e. The first-order valence-electron chi connectivity index (χ1n) is 9.71. The maximum Gasteiger partial charge on any atom is 0.268 e. The molecule has 0 aromatic rings. The fraction of sp³-hybridized carbons (Fsp3) is 1.00. The Balaban J connectivity index is 3.80. The van der Waals surface area contributed by atoms with E-state index in [2.05, 4.69) is 6.92 Å². The Kier molecular flexibility index (Phi) is 14.1. The SMILES string of the molecule is CCCCCCCCCCC(CO)COP(=O)([O-])OCC[N+](C)(C)C. The number of aliphatic hydroxyl groups excluding tert-OH is 1. The van der Waals surface area contributed by atoms with E-state index in [1.54, 1.807) is 0 Å². The average Bonchev–Trinajstić information content (AvgIpc) is 2.51. The van der Waals surface area contributed by atoms with Crippen LogP contribution in [0.2, 0.25) is 0 Å². The van der Waals surface area contributed by atoms with Crippen LogP contribution in [-0.4, -0.2) is 57.1 Å². The number of hydrogen-bond donors (Lipinski definition) is 1. The predicted molar refractivity (Wildman–Crippen MR) is 100 cm³/mol. The molecule has 0 heterocycles. The lowest BCUT2D eigenvalue weighted by atomic mass is 10.0. The van der Waals surface area contributed by atoms with Crippen molar-refractivity contribution in [1.82, 2.24) is 0 Å². The number of aliphatic hydroxyl groups is 1. The van der Waals surface area contributed by atoms with Crippen LogP contribution in [0.4, 0.5) is 0 Å². The highest BCUT2D eigenvalue weighted by Crippen LogP contribution is 2.38. The third-order valence-corrected chi connectivity index (χ3v) is 5.17. The lowest BCUT2D eigenvalue weighted by Gasteiger charge is -2.28. The number of phosphoric ester groups is 1. The van der Waals surface area contributed by atoms with Gasteiger partial charge in [-0.25, -0.2) is 0 Å². The third kappa shape index (κ3) is 17.2. The molecule has 0 aromatic carbocycles. The molecule has 2 unspecified atom stereocenters. The van der Waals surface area contributed by atoms with E-state index in [9.17, 15) is 14.6 Å². The van der Waals surface area contributed by atoms with Crippen molar-refractivity contribution in [3.05, 3.63) is 0 Å². The molecule has 2 atom stereocenters. The Morgan fingerprint density at radius 2 is 1.56 bits per heavy atom. The Morgan fingerprint density at radius 3 is 2.08 bits per heavy atom. The van der Waals surface area contributed by atoms with Crippen LogP contribution >= 0.6 is 7.82 Å². The molecule has 6 nitrogen and oxygen atoms in total. The van der Waals surface area contributed by atoms with Crippen molar-refractivity contribution < 1.29 is 28.1 Å². The second-order valence-corrected chi connectivity index (χ2v) is 9.31. The highest BCUT2D eigenvalue weighted by Gasteiger charge is 2.16. The van der Waals surface area contributed by atoms with Crippen LogP contribution in [0.25, 0.3) is 0 Å². The number of unbranched alkanes of at least 4 members (excludes halogenated alkanes) is 7. The molecule has 0 spiro atoms. The molecule has 0 radical (unpaired) electrons. The number of phosphoric acid groups is 1. The average molecular weight is 381 g/mol. The van der Waals surface area contributed by atoms with Crippen LogP contribution in [0.3, 0.4) is 0 Å². The maximum atomic E-state index is 11.7. The molecule has 0 saturated carbocycles. The zero-order valence-electron chi connectivity index (χ0n) is 16.7. The minimum Gasteiger partial charge on any atom is -0.756 e. The maximum absolute atomic E-state index is 11.7. The third-order valence-electron chi connectivity index (χ3n) is 4.20. The summed E-state index contributed by atoms with van der Waals surface area (Å²) in [4.78, 5) is 11.7. The van der Waals surface area contributed by atoms with Gasteiger partial charge >= 0.3 is 0 Å². The normalized spacial score (nSPS) is 15.9. The molecule has 0 aliphatic rings. The van der Waals surface area contributed by atoms with Crippen LogP contribution in [0.15, 0.2) is 0 Å². The van der Waals surface area contributed by atoms with Crippen molar-refractivity contribution in [3.8, 4) is 0 Å². The first kappa shape index (κ1) is 25.0. The predicted octanol–water partition coefficient (Wildman–Crippen LogP) is 3.33. The van der Waals surface area contributed by atoms with Crippen molar-refractivity contribution in [2.75, 3.05) is 47.5 Å². The quantitative estimate of drug-likeness (QED) is 0.237. The number of quaternary nitrogens is 1. The molecule has 0 bridgehead atoms. The summed E-state index contributed by atoms with van der Waals surface area (Å²) in [7, 11) is 1.61. The molecule has 7 heteroatoms. The molecule has 0 fully saturated rings. The molecule has 1 N–H and O–H groups in total. The molecule has 0 aliphatic heterocycles. The van der Waals surface area contributed by atoms with Gasteiger partial charge in [-0.05, 0) is 6.42 Å². The van der Waals surface area contributed by atoms with Gasteiger partial charge in [-0.3, -0.25) is 4.57 Å². The number of hydrogen-bond acceptors (Lipinski definition) is 5. The van der Waals surface area contributed by atoms with E-state index in [0.717, 1.165) is 19.3 Å². The van der Waals surface area contributed by atoms with E-state index < -0.39 is 7.82 Å². The molecule has 0 rings (SSSR count). The molecule has 0 saturated heterocycles. The second kappa shape index (κ2) is 14.1. The Bertz CT molecular complexity index is 360. The minimum absolute atomic E-state index is 0.00183. The smallest absolute Gasteiger partial charge is 0.268 e. The van der Waals surface area contributed by atoms with Crippen LogP contribution in [0.1, 0.15) is 64.7 Å². The number of rotatable bonds is 17. The molecular formula is C18H40NO5P. The van der Waals surface area contributed by atoms with E-state index in [1.807, 2.05) is 21.1 Å². The van der Waals surface area contributed by atoms with E-state index in [1.165, 1.54) is 38.5 Å². The minimum atomic E-state index is -4.28. The second-order valence-electron chi connectivity index (χ2n) is 7.90. The van der Waals surface area contributed by atoms with Gasteiger partial charge in [-0.15, -0.1) is 0 Å². The summed E-state index contributed by atoms with van der Waals surface area (Å²) in [6, 6.07) is 0. The van der Waals surface area contributed by atoms with Gasteiger partial charge in [-0.1, -0.05) is 58.3 Å². The Labute approximate surface area is 154 Å². The van der Waals surface area contributed by atoms with Crippen molar-refractivity contribution >= 4 is 7.82 Å². The Morgan fingerprint density at radius 1 is 1.00 bits per heavy atom. The van der Waals surface area contributed by atoms with Gasteiger partial charge in [0, 0.05) is 12.5 Å². The zero-order valence-corrected chi connectivity index (χ0v) is 17.6. The molecule has 152 valence electrons. The first-order chi connectivity index (χ1) is 11.7. The fourth-order valence-electron chi connectivity index (χ4n) is 2.45. The Hall–Kier alpha value is 0.0300. The van der Waals surface area contributed by atoms with Gasteiger partial charge in [0.25, 0.3) is 7.82 Å². The van der Waals surface area contributed by atoms with Crippen LogP contribution in [0, 0.1) is 5.92 Å². The number of likely N-dealkylation sites (N-methyl/N-ethyl adjacent to an activating group) is 1. The highest BCUT2D eigenvalue weighted by atomic mass is 31.2. The summed E-state index contributed by atoms with van der Waals surface area (Å²) < 4.78 is 22.2. The summed E-state index contributed by atoms with van der Waals surface area (Å²) in [5, 5.41) is 9.39. The van der Waals surface area contributed by atoms with Crippen LogP contribution < -0.4 is 4.89 Å². The van der Waals surface area contributed by atoms with Gasteiger partial charge in [0.05, 0.1) is 27.7 Å². The van der Waals surface area contributed by atoms with Crippen molar-refractivity contribution in [2.45, 2.75) is 64.7 Å². The summed E-state index contributed by atoms with van der Waals surface area (Å²) in [6.45, 7) is 2.84. The first-order valence-corrected chi connectivity index (χ1v) is 11.2. The standard InChI is InChI=1S/C18H40NO5P/c1-5-6-7-8-9-10-11-12-13-18(16-20)17-24-25(21,22)23-15-14-19(2,3)4/h18,20H,5-17H2,1-4H3. The molecular weight excluding hydrogens is 341 g/mol. The van der Waals surface area contributed by atoms with E-state index in [0.29, 0.717) is 11.0 Å². The molecule has 0 aromatic heterocycles. The van der Waals surface area contributed by atoms with E-state index in [4.69, 9.17) is 9.05 Å². The van der Waals surface area contributed by atoms with Gasteiger partial charge in [0.1, 0.15) is 13.2 Å². The summed E-state index contributed by atoms with van der Waals surface area (Å²) in [5.41, 5.74) is 0. The van der Waals surface area contributed by atoms with E-state index in [-0.39, 0.29) is 25.7 Å². The van der Waals surface area contributed by atoms with Crippen LogP contribution in [0.5, 0.6) is 0 Å². The lowest BCUT2D eigenvalue weighted by molar-refractivity contribution is -0.870. The summed E-state index contributed by atoms with van der Waals surface area (Å²) in [6.07, 6.45) is 10.6. The molecule has 25 heavy (non-hydrogen) atoms. The van der Waals surface area contributed by atoms with E-state index >= 15 is 0 Å². The monoisotopic (exact) mass is 381 g/mol. The zero-order chi connectivity index (χ0) is 19.2. The highest BCUT2D eigenvalue weighted by molar-refractivity contribution is 7.45. The summed E-state index contributed by atoms with van der Waals surface area (Å²) in [5.74, 6) is -0.149. The molecule has 0 amide bonds. The lowest BCUT2D eigenvalue weighted by Crippen LogP contribution is -2.37. The van der Waals surface area contributed by atoms with Gasteiger partial charge in [0.15, 0.2) is 0 Å².